The van der Waals surface area contributed by atoms with E-state index in [1.54, 1.807) is 27.7 Å². The van der Waals surface area contributed by atoms with Gasteiger partial charge in [0.05, 0.1) is 6.54 Å². The summed E-state index contributed by atoms with van der Waals surface area (Å²) in [6.07, 6.45) is 1.85. The molecule has 4 rings (SSSR count). The Hall–Kier alpha value is -2.92. The molecule has 1 N–H and O–H groups in total. The van der Waals surface area contributed by atoms with Crippen LogP contribution in [-0.4, -0.2) is 33.6 Å². The predicted molar refractivity (Wildman–Crippen MR) is 104 cm³/mol. The number of halogens is 1. The first-order valence-electron chi connectivity index (χ1n) is 8.68. The van der Waals surface area contributed by atoms with Gasteiger partial charge in [0.15, 0.2) is 11.5 Å². The van der Waals surface area contributed by atoms with E-state index in [2.05, 4.69) is 0 Å². The number of fused-ring (bicyclic) bond motifs is 1. The van der Waals surface area contributed by atoms with Crippen molar-refractivity contribution in [3.8, 4) is 22.6 Å². The Bertz CT molecular complexity index is 1010. The van der Waals surface area contributed by atoms with E-state index in [1.807, 2.05) is 43.6 Å². The van der Waals surface area contributed by atoms with E-state index >= 15 is 0 Å². The molecule has 0 radical (unpaired) electrons. The number of ether oxygens (including phenoxy) is 1. The van der Waals surface area contributed by atoms with Crippen LogP contribution < -0.4 is 4.74 Å². The molecule has 1 aliphatic heterocycles. The van der Waals surface area contributed by atoms with E-state index in [0.717, 1.165) is 16.7 Å². The fourth-order valence-electron chi connectivity index (χ4n) is 3.35. The van der Waals surface area contributed by atoms with Gasteiger partial charge in [-0.3, -0.25) is 4.79 Å². The van der Waals surface area contributed by atoms with Gasteiger partial charge in [0.2, 0.25) is 0 Å². The summed E-state index contributed by atoms with van der Waals surface area (Å²) in [6.45, 7) is 1.14. The molecule has 1 aliphatic rings. The number of benzene rings is 2. The first-order valence-corrected chi connectivity index (χ1v) is 9.06. The van der Waals surface area contributed by atoms with Gasteiger partial charge >= 0.3 is 0 Å². The third-order valence-corrected chi connectivity index (χ3v) is 4.96. The van der Waals surface area contributed by atoms with Crippen molar-refractivity contribution in [1.29, 1.82) is 0 Å². The van der Waals surface area contributed by atoms with Crippen LogP contribution in [0.15, 0.2) is 54.7 Å². The van der Waals surface area contributed by atoms with Crippen LogP contribution in [0.4, 0.5) is 0 Å². The minimum absolute atomic E-state index is 0.0633. The molecule has 138 valence electrons. The maximum absolute atomic E-state index is 12.9. The fraction of sp³-hybridized carbons (Fsp3) is 0.190. The van der Waals surface area contributed by atoms with Crippen molar-refractivity contribution in [2.45, 2.75) is 6.54 Å². The highest BCUT2D eigenvalue weighted by Gasteiger charge is 2.24. The quantitative estimate of drug-likeness (QED) is 0.726. The number of aryl methyl sites for hydroxylation is 1. The molecule has 2 heterocycles. The monoisotopic (exact) mass is 382 g/mol. The van der Waals surface area contributed by atoms with Crippen LogP contribution in [0.25, 0.3) is 11.1 Å². The largest absolute Gasteiger partial charge is 0.504 e. The summed E-state index contributed by atoms with van der Waals surface area (Å²) in [4.78, 5) is 14.6. The van der Waals surface area contributed by atoms with Gasteiger partial charge in [-0.2, -0.15) is 0 Å². The topological polar surface area (TPSA) is 54.7 Å². The third-order valence-electron chi connectivity index (χ3n) is 4.72. The second kappa shape index (κ2) is 7.00. The van der Waals surface area contributed by atoms with E-state index in [0.29, 0.717) is 36.2 Å². The molecule has 0 saturated carbocycles. The molecule has 2 aromatic carbocycles. The highest BCUT2D eigenvalue weighted by Crippen LogP contribution is 2.38. The number of hydrogen-bond donors (Lipinski definition) is 1. The lowest BCUT2D eigenvalue weighted by Gasteiger charge is -2.20. The lowest BCUT2D eigenvalue weighted by atomic mass is 10.0. The van der Waals surface area contributed by atoms with Crippen LogP contribution in [0, 0.1) is 0 Å². The van der Waals surface area contributed by atoms with E-state index in [1.165, 1.54) is 0 Å². The van der Waals surface area contributed by atoms with Crippen molar-refractivity contribution in [2.24, 2.45) is 7.05 Å². The number of amides is 1. The highest BCUT2D eigenvalue weighted by atomic mass is 35.5. The van der Waals surface area contributed by atoms with Crippen LogP contribution in [0.1, 0.15) is 16.1 Å². The summed E-state index contributed by atoms with van der Waals surface area (Å²) in [5.41, 5.74) is 3.11. The van der Waals surface area contributed by atoms with Crippen LogP contribution in [0.2, 0.25) is 5.02 Å². The molecular weight excluding hydrogens is 364 g/mol. The zero-order chi connectivity index (χ0) is 19.0. The van der Waals surface area contributed by atoms with Gasteiger partial charge in [-0.05, 0) is 47.5 Å². The number of phenolic OH excluding ortho intramolecular Hbond substituents is 1. The summed E-state index contributed by atoms with van der Waals surface area (Å²) in [7, 11) is 1.85. The summed E-state index contributed by atoms with van der Waals surface area (Å²) in [6, 6.07) is 14.7. The first-order chi connectivity index (χ1) is 13.0. The van der Waals surface area contributed by atoms with E-state index in [-0.39, 0.29) is 11.7 Å². The SMILES string of the molecule is Cn1cccc1C(=O)N1CCOc2c(O)cc(-c3cccc(Cl)c3)cc2C1. The molecule has 6 heteroatoms. The van der Waals surface area contributed by atoms with Crippen LogP contribution in [-0.2, 0) is 13.6 Å². The molecule has 3 aromatic rings. The molecular formula is C21H19ClN2O3. The normalized spacial score (nSPS) is 13.6. The Morgan fingerprint density at radius 3 is 2.74 bits per heavy atom. The zero-order valence-electron chi connectivity index (χ0n) is 14.9. The fourth-order valence-corrected chi connectivity index (χ4v) is 3.54. The molecule has 27 heavy (non-hydrogen) atoms. The number of rotatable bonds is 2. The van der Waals surface area contributed by atoms with Crippen LogP contribution >= 0.6 is 11.6 Å². The third kappa shape index (κ3) is 3.38. The standard InChI is InChI=1S/C21H19ClN2O3/c1-23-7-3-6-18(23)21(26)24-8-9-27-20-16(13-24)10-15(12-19(20)25)14-4-2-5-17(22)11-14/h2-7,10-12,25H,8-9,13H2,1H3. The second-order valence-electron chi connectivity index (χ2n) is 6.57. The van der Waals surface area contributed by atoms with Gasteiger partial charge in [-0.1, -0.05) is 23.7 Å². The van der Waals surface area contributed by atoms with E-state index in [9.17, 15) is 9.90 Å². The van der Waals surface area contributed by atoms with Gasteiger partial charge in [0, 0.05) is 30.4 Å². The molecule has 5 nitrogen and oxygen atoms in total. The van der Waals surface area contributed by atoms with Crippen molar-refractivity contribution in [1.82, 2.24) is 9.47 Å². The van der Waals surface area contributed by atoms with Crippen molar-refractivity contribution >= 4 is 17.5 Å². The zero-order valence-corrected chi connectivity index (χ0v) is 15.6. The average Bonchev–Trinajstić information content (AvgIpc) is 2.95. The van der Waals surface area contributed by atoms with E-state index < -0.39 is 0 Å². The van der Waals surface area contributed by atoms with Gasteiger partial charge < -0.3 is 19.3 Å². The summed E-state index contributed by atoms with van der Waals surface area (Å²) < 4.78 is 7.55. The Morgan fingerprint density at radius 2 is 2.00 bits per heavy atom. The predicted octanol–water partition coefficient (Wildman–Crippen LogP) is 4.09. The van der Waals surface area contributed by atoms with Gasteiger partial charge in [0.1, 0.15) is 12.3 Å². The number of phenols is 1. The van der Waals surface area contributed by atoms with Gasteiger partial charge in [-0.15, -0.1) is 0 Å². The lowest BCUT2D eigenvalue weighted by molar-refractivity contribution is 0.0723. The summed E-state index contributed by atoms with van der Waals surface area (Å²) >= 11 is 6.10. The molecule has 0 saturated heterocycles. The minimum atomic E-state index is -0.0633. The molecule has 0 bridgehead atoms. The molecule has 0 fully saturated rings. The Morgan fingerprint density at radius 1 is 1.15 bits per heavy atom. The number of nitrogens with zero attached hydrogens (tertiary/aromatic N) is 2. The van der Waals surface area contributed by atoms with Gasteiger partial charge in [0.25, 0.3) is 5.91 Å². The first kappa shape index (κ1) is 17.5. The average molecular weight is 383 g/mol. The Kier molecular flexibility index (Phi) is 4.54. The summed E-state index contributed by atoms with van der Waals surface area (Å²) in [5, 5.41) is 11.1. The number of aromatic hydroxyl groups is 1. The van der Waals surface area contributed by atoms with E-state index in [4.69, 9.17) is 16.3 Å². The minimum Gasteiger partial charge on any atom is -0.504 e. The number of carbonyl (C=O) groups excluding carboxylic acids is 1. The molecule has 0 atom stereocenters. The summed E-state index contributed by atoms with van der Waals surface area (Å²) in [5.74, 6) is 0.435. The number of aromatic nitrogens is 1. The number of hydrogen-bond acceptors (Lipinski definition) is 3. The molecule has 0 aliphatic carbocycles. The smallest absolute Gasteiger partial charge is 0.270 e. The van der Waals surface area contributed by atoms with Gasteiger partial charge in [-0.25, -0.2) is 0 Å². The maximum Gasteiger partial charge on any atom is 0.270 e. The number of carbonyl (C=O) groups is 1. The molecule has 1 aromatic heterocycles. The molecule has 0 spiro atoms. The second-order valence-corrected chi connectivity index (χ2v) is 7.01. The Balaban J connectivity index is 1.71. The van der Waals surface area contributed by atoms with Crippen molar-refractivity contribution < 1.29 is 14.6 Å². The lowest BCUT2D eigenvalue weighted by Crippen LogP contribution is -2.33. The van der Waals surface area contributed by atoms with Crippen LogP contribution in [0.3, 0.4) is 0 Å². The van der Waals surface area contributed by atoms with Crippen molar-refractivity contribution in [3.05, 3.63) is 71.0 Å². The highest BCUT2D eigenvalue weighted by molar-refractivity contribution is 6.30. The van der Waals surface area contributed by atoms with Crippen molar-refractivity contribution in [2.75, 3.05) is 13.2 Å². The molecule has 1 amide bonds. The molecule has 0 unspecified atom stereocenters. The Labute approximate surface area is 162 Å². The van der Waals surface area contributed by atoms with Crippen LogP contribution in [0.5, 0.6) is 11.5 Å². The van der Waals surface area contributed by atoms with Crippen molar-refractivity contribution in [3.63, 3.8) is 0 Å². The maximum atomic E-state index is 12.9.